The van der Waals surface area contributed by atoms with Crippen LogP contribution >= 0.6 is 0 Å². The highest BCUT2D eigenvalue weighted by Crippen LogP contribution is 2.40. The molecule has 21 heavy (non-hydrogen) atoms. The van der Waals surface area contributed by atoms with E-state index in [0.29, 0.717) is 6.61 Å². The van der Waals surface area contributed by atoms with Crippen molar-refractivity contribution >= 4 is 0 Å². The number of benzene rings is 2. The first kappa shape index (κ1) is 12.7. The van der Waals surface area contributed by atoms with Crippen LogP contribution in [-0.2, 0) is 12.0 Å². The molecule has 0 fully saturated rings. The van der Waals surface area contributed by atoms with Crippen LogP contribution in [0.15, 0.2) is 48.5 Å². The summed E-state index contributed by atoms with van der Waals surface area (Å²) in [6, 6.07) is 16.4. The van der Waals surface area contributed by atoms with E-state index in [1.807, 2.05) is 30.3 Å². The Morgan fingerprint density at radius 3 is 2.67 bits per heavy atom. The van der Waals surface area contributed by atoms with Crippen molar-refractivity contribution in [2.24, 2.45) is 5.73 Å². The maximum Gasteiger partial charge on any atom is 0.124 e. The molecule has 2 aliphatic rings. The number of rotatable bonds is 2. The molecule has 2 heterocycles. The second-order valence-electron chi connectivity index (χ2n) is 6.01. The summed E-state index contributed by atoms with van der Waals surface area (Å²) in [6.45, 7) is 0.674. The Bertz CT molecular complexity index is 645. The van der Waals surface area contributed by atoms with E-state index < -0.39 is 0 Å². The monoisotopic (exact) mass is 281 g/mol. The SMILES string of the molecule is NC1(CC2Cc3ccccc3O2)CCOc2ccccc21. The van der Waals surface area contributed by atoms with Gasteiger partial charge in [0.25, 0.3) is 0 Å². The van der Waals surface area contributed by atoms with Crippen LogP contribution in [0, 0.1) is 0 Å². The van der Waals surface area contributed by atoms with Crippen molar-refractivity contribution in [2.75, 3.05) is 6.61 Å². The molecule has 2 aromatic carbocycles. The van der Waals surface area contributed by atoms with Crippen molar-refractivity contribution in [1.29, 1.82) is 0 Å². The lowest BCUT2D eigenvalue weighted by molar-refractivity contribution is 0.141. The first-order chi connectivity index (χ1) is 10.2. The highest BCUT2D eigenvalue weighted by Gasteiger charge is 2.38. The van der Waals surface area contributed by atoms with E-state index in [1.54, 1.807) is 0 Å². The highest BCUT2D eigenvalue weighted by molar-refractivity contribution is 5.42. The molecule has 0 saturated heterocycles. The Kier molecular flexibility index (Phi) is 2.89. The van der Waals surface area contributed by atoms with Gasteiger partial charge in [0.1, 0.15) is 17.6 Å². The fraction of sp³-hybridized carbons (Fsp3) is 0.333. The zero-order chi connectivity index (χ0) is 14.3. The van der Waals surface area contributed by atoms with E-state index >= 15 is 0 Å². The summed E-state index contributed by atoms with van der Waals surface area (Å²) in [7, 11) is 0. The van der Waals surface area contributed by atoms with Crippen LogP contribution in [-0.4, -0.2) is 12.7 Å². The van der Waals surface area contributed by atoms with Gasteiger partial charge in [-0.15, -0.1) is 0 Å². The third-order valence-corrected chi connectivity index (χ3v) is 4.53. The van der Waals surface area contributed by atoms with Crippen molar-refractivity contribution in [2.45, 2.75) is 30.9 Å². The van der Waals surface area contributed by atoms with Crippen molar-refractivity contribution < 1.29 is 9.47 Å². The van der Waals surface area contributed by atoms with Gasteiger partial charge in [-0.1, -0.05) is 36.4 Å². The van der Waals surface area contributed by atoms with Crippen molar-refractivity contribution in [1.82, 2.24) is 0 Å². The molecule has 3 heteroatoms. The summed E-state index contributed by atoms with van der Waals surface area (Å²) in [5.74, 6) is 1.92. The lowest BCUT2D eigenvalue weighted by Crippen LogP contribution is -2.44. The molecule has 0 spiro atoms. The first-order valence-corrected chi connectivity index (χ1v) is 7.50. The summed E-state index contributed by atoms with van der Waals surface area (Å²) in [5, 5.41) is 0. The summed E-state index contributed by atoms with van der Waals surface area (Å²) in [4.78, 5) is 0. The van der Waals surface area contributed by atoms with Crippen LogP contribution < -0.4 is 15.2 Å². The van der Waals surface area contributed by atoms with E-state index in [9.17, 15) is 0 Å². The number of hydrogen-bond donors (Lipinski definition) is 1. The van der Waals surface area contributed by atoms with Crippen LogP contribution in [0.3, 0.4) is 0 Å². The van der Waals surface area contributed by atoms with Gasteiger partial charge in [0.15, 0.2) is 0 Å². The molecule has 2 N–H and O–H groups in total. The average molecular weight is 281 g/mol. The van der Waals surface area contributed by atoms with Gasteiger partial charge in [-0.3, -0.25) is 0 Å². The van der Waals surface area contributed by atoms with Crippen molar-refractivity contribution in [3.05, 3.63) is 59.7 Å². The molecule has 108 valence electrons. The third kappa shape index (κ3) is 2.18. The van der Waals surface area contributed by atoms with E-state index in [0.717, 1.165) is 36.3 Å². The first-order valence-electron chi connectivity index (χ1n) is 7.50. The molecule has 0 radical (unpaired) electrons. The molecule has 4 rings (SSSR count). The smallest absolute Gasteiger partial charge is 0.124 e. The fourth-order valence-electron chi connectivity index (χ4n) is 3.47. The minimum absolute atomic E-state index is 0.151. The van der Waals surface area contributed by atoms with Gasteiger partial charge < -0.3 is 15.2 Å². The molecule has 0 bridgehead atoms. The van der Waals surface area contributed by atoms with E-state index in [-0.39, 0.29) is 11.6 Å². The number of ether oxygens (including phenoxy) is 2. The van der Waals surface area contributed by atoms with Gasteiger partial charge in [-0.05, 0) is 17.7 Å². The molecule has 2 aromatic rings. The number of hydrogen-bond acceptors (Lipinski definition) is 3. The fourth-order valence-corrected chi connectivity index (χ4v) is 3.47. The summed E-state index contributed by atoms with van der Waals surface area (Å²) in [6.07, 6.45) is 2.75. The van der Waals surface area contributed by atoms with Crippen LogP contribution in [0.25, 0.3) is 0 Å². The van der Waals surface area contributed by atoms with Gasteiger partial charge in [0.2, 0.25) is 0 Å². The third-order valence-electron chi connectivity index (χ3n) is 4.53. The molecule has 0 aromatic heterocycles. The van der Waals surface area contributed by atoms with E-state index in [2.05, 4.69) is 18.2 Å². The number of nitrogens with two attached hydrogens (primary N) is 1. The molecule has 3 nitrogen and oxygen atoms in total. The van der Waals surface area contributed by atoms with Gasteiger partial charge in [0, 0.05) is 24.8 Å². The highest BCUT2D eigenvalue weighted by atomic mass is 16.5. The predicted molar refractivity (Wildman–Crippen MR) is 81.6 cm³/mol. The molecular formula is C18H19NO2. The second kappa shape index (κ2) is 4.78. The lowest BCUT2D eigenvalue weighted by atomic mass is 9.80. The van der Waals surface area contributed by atoms with Crippen LogP contribution in [0.1, 0.15) is 24.0 Å². The Balaban J connectivity index is 1.59. The Labute approximate surface area is 124 Å². The van der Waals surface area contributed by atoms with Crippen LogP contribution in [0.2, 0.25) is 0 Å². The molecule has 0 aliphatic carbocycles. The van der Waals surface area contributed by atoms with E-state index in [4.69, 9.17) is 15.2 Å². The van der Waals surface area contributed by atoms with Gasteiger partial charge in [-0.25, -0.2) is 0 Å². The predicted octanol–water partition coefficient (Wildman–Crippen LogP) is 3.02. The minimum atomic E-state index is -0.360. The normalized spacial score (nSPS) is 26.4. The Hall–Kier alpha value is -2.00. The molecular weight excluding hydrogens is 262 g/mol. The quantitative estimate of drug-likeness (QED) is 0.920. The maximum absolute atomic E-state index is 6.73. The van der Waals surface area contributed by atoms with Crippen molar-refractivity contribution in [3.8, 4) is 11.5 Å². The average Bonchev–Trinajstić information content (AvgIpc) is 2.89. The van der Waals surface area contributed by atoms with Crippen molar-refractivity contribution in [3.63, 3.8) is 0 Å². The molecule has 0 saturated carbocycles. The molecule has 2 aliphatic heterocycles. The summed E-state index contributed by atoms with van der Waals surface area (Å²) in [5.41, 5.74) is 8.76. The van der Waals surface area contributed by atoms with Crippen LogP contribution in [0.5, 0.6) is 11.5 Å². The zero-order valence-electron chi connectivity index (χ0n) is 11.9. The zero-order valence-corrected chi connectivity index (χ0v) is 11.9. The van der Waals surface area contributed by atoms with Gasteiger partial charge in [-0.2, -0.15) is 0 Å². The maximum atomic E-state index is 6.73. The lowest BCUT2D eigenvalue weighted by Gasteiger charge is -2.37. The van der Waals surface area contributed by atoms with Crippen LogP contribution in [0.4, 0.5) is 0 Å². The minimum Gasteiger partial charge on any atom is -0.493 e. The standard InChI is InChI=1S/C18H19NO2/c19-18(9-10-20-17-8-4-2-6-15(17)18)12-14-11-13-5-1-3-7-16(13)21-14/h1-8,14H,9-12,19H2. The molecule has 2 atom stereocenters. The summed E-state index contributed by atoms with van der Waals surface area (Å²) >= 11 is 0. The molecule has 0 amide bonds. The largest absolute Gasteiger partial charge is 0.493 e. The molecule has 2 unspecified atom stereocenters. The second-order valence-corrected chi connectivity index (χ2v) is 6.01. The number of para-hydroxylation sites is 2. The Morgan fingerprint density at radius 2 is 1.81 bits per heavy atom. The van der Waals surface area contributed by atoms with Gasteiger partial charge in [0.05, 0.1) is 12.1 Å². The van der Waals surface area contributed by atoms with Gasteiger partial charge >= 0.3 is 0 Å². The topological polar surface area (TPSA) is 44.5 Å². The van der Waals surface area contributed by atoms with E-state index in [1.165, 1.54) is 5.56 Å². The Morgan fingerprint density at radius 1 is 1.05 bits per heavy atom. The number of fused-ring (bicyclic) bond motifs is 2. The summed E-state index contributed by atoms with van der Waals surface area (Å²) < 4.78 is 11.8.